The molecule has 0 aliphatic carbocycles. The van der Waals surface area contributed by atoms with Gasteiger partial charge >= 0.3 is 0 Å². The van der Waals surface area contributed by atoms with Gasteiger partial charge in [-0.25, -0.2) is 0 Å². The van der Waals surface area contributed by atoms with E-state index in [9.17, 15) is 4.79 Å². The summed E-state index contributed by atoms with van der Waals surface area (Å²) in [4.78, 5) is 11.9. The van der Waals surface area contributed by atoms with Gasteiger partial charge in [-0.1, -0.05) is 18.5 Å². The van der Waals surface area contributed by atoms with Crippen LogP contribution in [0.5, 0.6) is 0 Å². The van der Waals surface area contributed by atoms with E-state index in [0.29, 0.717) is 12.1 Å². The van der Waals surface area contributed by atoms with Gasteiger partial charge in [0.2, 0.25) is 5.91 Å². The molecule has 1 unspecified atom stereocenters. The van der Waals surface area contributed by atoms with E-state index in [0.717, 1.165) is 6.42 Å². The van der Waals surface area contributed by atoms with Crippen molar-refractivity contribution in [2.75, 3.05) is 5.32 Å². The summed E-state index contributed by atoms with van der Waals surface area (Å²) >= 11 is 0. The molecule has 7 nitrogen and oxygen atoms in total. The predicted molar refractivity (Wildman–Crippen MR) is 63.6 cm³/mol. The van der Waals surface area contributed by atoms with Crippen LogP contribution in [0, 0.1) is 5.92 Å². The zero-order chi connectivity index (χ0) is 12.8. The number of nitrogens with two attached hydrogens (primary N) is 1. The van der Waals surface area contributed by atoms with Crippen LogP contribution in [0.1, 0.15) is 19.8 Å². The maximum absolute atomic E-state index is 11.9. The molecule has 0 radical (unpaired) electrons. The Bertz CT molecular complexity index is 413. The summed E-state index contributed by atoms with van der Waals surface area (Å²) in [6.07, 6.45) is 4.50. The number of amidine groups is 1. The maximum Gasteiger partial charge on any atom is 0.235 e. The van der Waals surface area contributed by atoms with Crippen molar-refractivity contribution in [1.82, 2.24) is 9.78 Å². The Labute approximate surface area is 99.3 Å². The molecule has 1 amide bonds. The molecule has 1 aromatic rings. The maximum atomic E-state index is 11.9. The van der Waals surface area contributed by atoms with Gasteiger partial charge in [0, 0.05) is 13.2 Å². The first-order chi connectivity index (χ1) is 8.08. The van der Waals surface area contributed by atoms with Gasteiger partial charge < -0.3 is 16.3 Å². The number of hydrogen-bond acceptors (Lipinski definition) is 4. The first kappa shape index (κ1) is 13.0. The smallest absolute Gasteiger partial charge is 0.235 e. The van der Waals surface area contributed by atoms with Crippen LogP contribution in [0.25, 0.3) is 0 Å². The van der Waals surface area contributed by atoms with E-state index in [1.54, 1.807) is 17.9 Å². The van der Waals surface area contributed by atoms with Gasteiger partial charge in [-0.15, -0.1) is 0 Å². The van der Waals surface area contributed by atoms with E-state index < -0.39 is 5.92 Å². The van der Waals surface area contributed by atoms with Gasteiger partial charge in [-0.3, -0.25) is 9.48 Å². The molecule has 0 saturated carbocycles. The summed E-state index contributed by atoms with van der Waals surface area (Å²) in [5.74, 6) is -0.992. The molecule has 7 heteroatoms. The van der Waals surface area contributed by atoms with E-state index in [2.05, 4.69) is 15.6 Å². The number of nitrogens with one attached hydrogen (secondary N) is 1. The number of nitrogens with zero attached hydrogens (tertiary/aromatic N) is 3. The number of carbonyl (C=O) groups is 1. The third-order valence-corrected chi connectivity index (χ3v) is 2.34. The lowest BCUT2D eigenvalue weighted by atomic mass is 10.0. The molecule has 0 bridgehead atoms. The molecule has 94 valence electrons. The molecular weight excluding hydrogens is 222 g/mol. The molecule has 17 heavy (non-hydrogen) atoms. The predicted octanol–water partition coefficient (Wildman–Crippen LogP) is 0.521. The first-order valence-electron chi connectivity index (χ1n) is 5.35. The van der Waals surface area contributed by atoms with Gasteiger partial charge in [0.05, 0.1) is 17.8 Å². The number of hydrogen-bond donors (Lipinski definition) is 3. The topological polar surface area (TPSA) is 106 Å². The van der Waals surface area contributed by atoms with Gasteiger partial charge in [0.15, 0.2) is 5.84 Å². The van der Waals surface area contributed by atoms with Crippen LogP contribution in [-0.4, -0.2) is 26.7 Å². The summed E-state index contributed by atoms with van der Waals surface area (Å²) in [5, 5.41) is 18.1. The van der Waals surface area contributed by atoms with Crippen molar-refractivity contribution < 1.29 is 10.0 Å². The van der Waals surface area contributed by atoms with Crippen LogP contribution in [0.15, 0.2) is 17.5 Å². The third kappa shape index (κ3) is 3.47. The van der Waals surface area contributed by atoms with Crippen LogP contribution < -0.4 is 11.1 Å². The Morgan fingerprint density at radius 2 is 2.47 bits per heavy atom. The van der Waals surface area contributed by atoms with Crippen molar-refractivity contribution in [3.05, 3.63) is 12.4 Å². The lowest BCUT2D eigenvalue weighted by molar-refractivity contribution is -0.118. The zero-order valence-electron chi connectivity index (χ0n) is 9.92. The molecule has 1 heterocycles. The Morgan fingerprint density at radius 3 is 2.94 bits per heavy atom. The van der Waals surface area contributed by atoms with Gasteiger partial charge in [0.1, 0.15) is 0 Å². The summed E-state index contributed by atoms with van der Waals surface area (Å²) in [6.45, 7) is 1.93. The number of carbonyl (C=O) groups excluding carboxylic acids is 1. The number of rotatable bonds is 5. The van der Waals surface area contributed by atoms with Crippen molar-refractivity contribution in [2.24, 2.45) is 23.9 Å². The second kappa shape index (κ2) is 5.88. The highest BCUT2D eigenvalue weighted by atomic mass is 16.4. The fourth-order valence-electron chi connectivity index (χ4n) is 1.49. The summed E-state index contributed by atoms with van der Waals surface area (Å²) < 4.78 is 1.58. The first-order valence-corrected chi connectivity index (χ1v) is 5.35. The van der Waals surface area contributed by atoms with E-state index in [1.165, 1.54) is 6.20 Å². The normalized spacial score (nSPS) is 13.4. The van der Waals surface area contributed by atoms with Crippen molar-refractivity contribution >= 4 is 17.4 Å². The molecule has 4 N–H and O–H groups in total. The summed E-state index contributed by atoms with van der Waals surface area (Å²) in [7, 11) is 1.75. The van der Waals surface area contributed by atoms with Crippen LogP contribution in [0.4, 0.5) is 5.69 Å². The number of oxime groups is 1. The number of aryl methyl sites for hydroxylation is 1. The zero-order valence-corrected chi connectivity index (χ0v) is 9.92. The monoisotopic (exact) mass is 239 g/mol. The second-order valence-electron chi connectivity index (χ2n) is 3.76. The van der Waals surface area contributed by atoms with Crippen molar-refractivity contribution in [2.45, 2.75) is 19.8 Å². The number of amides is 1. The van der Waals surface area contributed by atoms with E-state index >= 15 is 0 Å². The van der Waals surface area contributed by atoms with E-state index in [1.807, 2.05) is 6.92 Å². The van der Waals surface area contributed by atoms with E-state index in [4.69, 9.17) is 10.9 Å². The molecule has 1 aromatic heterocycles. The molecule has 0 fully saturated rings. The molecule has 1 atom stereocenters. The van der Waals surface area contributed by atoms with Gasteiger partial charge in [0.25, 0.3) is 0 Å². The Hall–Kier alpha value is -2.05. The minimum atomic E-state index is -0.620. The molecule has 1 rings (SSSR count). The van der Waals surface area contributed by atoms with Gasteiger partial charge in [-0.05, 0) is 6.42 Å². The highest BCUT2D eigenvalue weighted by Crippen LogP contribution is 2.11. The molecule has 0 aliphatic heterocycles. The fraction of sp³-hybridized carbons (Fsp3) is 0.500. The van der Waals surface area contributed by atoms with Crippen molar-refractivity contribution in [3.8, 4) is 0 Å². The van der Waals surface area contributed by atoms with Gasteiger partial charge in [-0.2, -0.15) is 5.10 Å². The highest BCUT2D eigenvalue weighted by molar-refractivity contribution is 6.07. The number of anilines is 1. The Morgan fingerprint density at radius 1 is 1.76 bits per heavy atom. The Kier molecular flexibility index (Phi) is 4.50. The average molecular weight is 239 g/mol. The minimum Gasteiger partial charge on any atom is -0.409 e. The fourth-order valence-corrected chi connectivity index (χ4v) is 1.49. The standard InChI is InChI=1S/C10H17N5O2/c1-3-4-8(9(11)14-17)10(16)13-7-5-12-15(2)6-7/h5-6,8,17H,3-4H2,1-2H3,(H2,11,14)(H,13,16). The highest BCUT2D eigenvalue weighted by Gasteiger charge is 2.22. The molecule has 0 aromatic carbocycles. The van der Waals surface area contributed by atoms with Crippen LogP contribution in [-0.2, 0) is 11.8 Å². The molecular formula is C10H17N5O2. The van der Waals surface area contributed by atoms with Crippen molar-refractivity contribution in [1.29, 1.82) is 0 Å². The van der Waals surface area contributed by atoms with Crippen LogP contribution >= 0.6 is 0 Å². The third-order valence-electron chi connectivity index (χ3n) is 2.34. The van der Waals surface area contributed by atoms with Crippen LogP contribution in [0.3, 0.4) is 0 Å². The summed E-state index contributed by atoms with van der Waals surface area (Å²) in [6, 6.07) is 0. The quantitative estimate of drug-likeness (QED) is 0.301. The lowest BCUT2D eigenvalue weighted by Gasteiger charge is -2.13. The average Bonchev–Trinajstić information content (AvgIpc) is 2.70. The second-order valence-corrected chi connectivity index (χ2v) is 3.76. The summed E-state index contributed by atoms with van der Waals surface area (Å²) in [5.41, 5.74) is 6.07. The number of aromatic nitrogens is 2. The SMILES string of the molecule is CCCC(C(=O)Nc1cnn(C)c1)/C(N)=N/O. The van der Waals surface area contributed by atoms with E-state index in [-0.39, 0.29) is 11.7 Å². The minimum absolute atomic E-state index is 0.0757. The van der Waals surface area contributed by atoms with Crippen molar-refractivity contribution in [3.63, 3.8) is 0 Å². The van der Waals surface area contributed by atoms with Crippen LogP contribution in [0.2, 0.25) is 0 Å². The molecule has 0 aliphatic rings. The molecule has 0 spiro atoms. The Balaban J connectivity index is 2.72. The largest absolute Gasteiger partial charge is 0.409 e. The molecule has 0 saturated heterocycles. The lowest BCUT2D eigenvalue weighted by Crippen LogP contribution is -2.34.